The van der Waals surface area contributed by atoms with Crippen LogP contribution >= 0.6 is 34.8 Å². The molecule has 3 rings (SSSR count). The van der Waals surface area contributed by atoms with Gasteiger partial charge in [0.25, 0.3) is 0 Å². The number of imidazole rings is 1. The maximum Gasteiger partial charge on any atom is 0.144 e. The zero-order valence-corrected chi connectivity index (χ0v) is 13.3. The molecule has 0 unspecified atom stereocenters. The van der Waals surface area contributed by atoms with Crippen LogP contribution < -0.4 is 0 Å². The lowest BCUT2D eigenvalue weighted by Crippen LogP contribution is -1.99. The number of hydrogen-bond donors (Lipinski definition) is 0. The zero-order chi connectivity index (χ0) is 15.1. The third-order valence-electron chi connectivity index (χ3n) is 3.30. The number of fused-ring (bicyclic) bond motifs is 1. The van der Waals surface area contributed by atoms with Gasteiger partial charge in [-0.3, -0.25) is 4.57 Å². The molecule has 2 aromatic carbocycles. The molecule has 108 valence electrons. The molecule has 0 saturated carbocycles. The average Bonchev–Trinajstić information content (AvgIpc) is 2.80. The second kappa shape index (κ2) is 5.48. The fraction of sp³-hybridized carbons (Fsp3) is 0.133. The van der Waals surface area contributed by atoms with E-state index in [1.807, 2.05) is 19.1 Å². The maximum atomic E-state index is 13.8. The fourth-order valence-corrected chi connectivity index (χ4v) is 2.73. The highest BCUT2D eigenvalue weighted by Gasteiger charge is 2.15. The first kappa shape index (κ1) is 14.6. The molecule has 0 spiro atoms. The molecule has 2 nitrogen and oxygen atoms in total. The molecule has 6 heteroatoms. The molecule has 1 heterocycles. The lowest BCUT2D eigenvalue weighted by Gasteiger charge is -2.09. The summed E-state index contributed by atoms with van der Waals surface area (Å²) in [6.07, 6.45) is 0. The van der Waals surface area contributed by atoms with E-state index in [1.54, 1.807) is 10.6 Å². The van der Waals surface area contributed by atoms with Crippen LogP contribution in [0.2, 0.25) is 10.0 Å². The van der Waals surface area contributed by atoms with Crippen LogP contribution in [0.3, 0.4) is 0 Å². The molecular formula is C15H10Cl3FN2. The molecule has 0 radical (unpaired) electrons. The van der Waals surface area contributed by atoms with Crippen molar-refractivity contribution >= 4 is 45.8 Å². The molecule has 0 N–H and O–H groups in total. The molecule has 0 amide bonds. The Bertz CT molecular complexity index is 843. The van der Waals surface area contributed by atoms with Crippen molar-refractivity contribution in [1.29, 1.82) is 0 Å². The van der Waals surface area contributed by atoms with Crippen LogP contribution in [-0.2, 0) is 5.88 Å². The molecule has 1 aromatic heterocycles. The summed E-state index contributed by atoms with van der Waals surface area (Å²) in [6.45, 7) is 1.92. The van der Waals surface area contributed by atoms with E-state index in [4.69, 9.17) is 34.8 Å². The highest BCUT2D eigenvalue weighted by molar-refractivity contribution is 6.31. The summed E-state index contributed by atoms with van der Waals surface area (Å²) in [5.41, 5.74) is 2.94. The van der Waals surface area contributed by atoms with Crippen molar-refractivity contribution in [3.63, 3.8) is 0 Å². The summed E-state index contributed by atoms with van der Waals surface area (Å²) in [7, 11) is 0. The predicted octanol–water partition coefficient (Wildman–Crippen LogP) is 5.52. The Balaban J connectivity index is 2.34. The van der Waals surface area contributed by atoms with Crippen LogP contribution in [0.4, 0.5) is 4.39 Å². The Morgan fingerprint density at radius 2 is 1.90 bits per heavy atom. The first-order chi connectivity index (χ1) is 10.0. The number of benzene rings is 2. The largest absolute Gasteiger partial charge is 0.295 e. The monoisotopic (exact) mass is 342 g/mol. The van der Waals surface area contributed by atoms with E-state index in [1.165, 1.54) is 12.1 Å². The molecule has 0 atom stereocenters. The molecule has 3 aromatic rings. The molecule has 0 saturated heterocycles. The number of nitrogens with zero attached hydrogens (tertiary/aromatic N) is 2. The van der Waals surface area contributed by atoms with Crippen LogP contribution in [0.5, 0.6) is 0 Å². The zero-order valence-electron chi connectivity index (χ0n) is 11.0. The second-order valence-electron chi connectivity index (χ2n) is 4.69. The SMILES string of the molecule is Cc1ccc(-n2c(CCl)nc3cc(Cl)c(F)cc32)cc1Cl. The van der Waals surface area contributed by atoms with Gasteiger partial charge in [0, 0.05) is 16.8 Å². The van der Waals surface area contributed by atoms with E-state index >= 15 is 0 Å². The molecule has 0 bridgehead atoms. The van der Waals surface area contributed by atoms with E-state index in [0.29, 0.717) is 21.9 Å². The summed E-state index contributed by atoms with van der Waals surface area (Å²) in [4.78, 5) is 4.40. The Kier molecular flexibility index (Phi) is 3.82. The van der Waals surface area contributed by atoms with E-state index < -0.39 is 5.82 Å². The van der Waals surface area contributed by atoms with Gasteiger partial charge in [0.1, 0.15) is 11.6 Å². The summed E-state index contributed by atoms with van der Waals surface area (Å²) in [5, 5.41) is 0.666. The molecular weight excluding hydrogens is 334 g/mol. The van der Waals surface area contributed by atoms with Gasteiger partial charge in [-0.15, -0.1) is 11.6 Å². The second-order valence-corrected chi connectivity index (χ2v) is 5.77. The third kappa shape index (κ3) is 2.50. The predicted molar refractivity (Wildman–Crippen MR) is 85.3 cm³/mol. The maximum absolute atomic E-state index is 13.8. The lowest BCUT2D eigenvalue weighted by atomic mass is 10.2. The van der Waals surface area contributed by atoms with Crippen molar-refractivity contribution in [2.75, 3.05) is 0 Å². The number of aryl methyl sites for hydroxylation is 1. The van der Waals surface area contributed by atoms with Gasteiger partial charge in [0.2, 0.25) is 0 Å². The normalized spacial score (nSPS) is 11.3. The molecule has 21 heavy (non-hydrogen) atoms. The third-order valence-corrected chi connectivity index (χ3v) is 4.24. The van der Waals surface area contributed by atoms with Crippen LogP contribution in [0, 0.1) is 12.7 Å². The van der Waals surface area contributed by atoms with Crippen LogP contribution in [0.1, 0.15) is 11.4 Å². The number of hydrogen-bond acceptors (Lipinski definition) is 1. The number of aromatic nitrogens is 2. The fourth-order valence-electron chi connectivity index (χ4n) is 2.22. The van der Waals surface area contributed by atoms with Gasteiger partial charge >= 0.3 is 0 Å². The first-order valence-corrected chi connectivity index (χ1v) is 7.49. The van der Waals surface area contributed by atoms with E-state index in [-0.39, 0.29) is 10.9 Å². The average molecular weight is 344 g/mol. The van der Waals surface area contributed by atoms with Crippen molar-refractivity contribution in [3.8, 4) is 5.69 Å². The molecule has 0 aliphatic rings. The quantitative estimate of drug-likeness (QED) is 0.560. The highest BCUT2D eigenvalue weighted by Crippen LogP contribution is 2.29. The number of halogens is 4. The molecule has 0 aliphatic heterocycles. The minimum absolute atomic E-state index is 0.0372. The van der Waals surface area contributed by atoms with Gasteiger partial charge in [-0.1, -0.05) is 29.3 Å². The summed E-state index contributed by atoms with van der Waals surface area (Å²) >= 11 is 17.9. The topological polar surface area (TPSA) is 17.8 Å². The van der Waals surface area contributed by atoms with Gasteiger partial charge in [0.15, 0.2) is 0 Å². The molecule has 0 aliphatic carbocycles. The minimum atomic E-state index is -0.496. The lowest BCUT2D eigenvalue weighted by molar-refractivity contribution is 0.629. The standard InChI is InChI=1S/C15H10Cl3FN2/c1-8-2-3-9(4-10(8)17)21-14-6-12(19)11(18)5-13(14)20-15(21)7-16/h2-6H,7H2,1H3. The van der Waals surface area contributed by atoms with Crippen molar-refractivity contribution in [1.82, 2.24) is 9.55 Å². The minimum Gasteiger partial charge on any atom is -0.295 e. The van der Waals surface area contributed by atoms with Gasteiger partial charge < -0.3 is 0 Å². The van der Waals surface area contributed by atoms with Gasteiger partial charge in [-0.05, 0) is 30.7 Å². The Hall–Kier alpha value is -1.29. The Morgan fingerprint density at radius 3 is 2.57 bits per heavy atom. The van der Waals surface area contributed by atoms with Crippen molar-refractivity contribution in [2.45, 2.75) is 12.8 Å². The van der Waals surface area contributed by atoms with E-state index in [2.05, 4.69) is 4.98 Å². The Morgan fingerprint density at radius 1 is 1.14 bits per heavy atom. The van der Waals surface area contributed by atoms with E-state index in [0.717, 1.165) is 11.3 Å². The first-order valence-electron chi connectivity index (χ1n) is 6.20. The van der Waals surface area contributed by atoms with Gasteiger partial charge in [-0.25, -0.2) is 9.37 Å². The van der Waals surface area contributed by atoms with E-state index in [9.17, 15) is 4.39 Å². The highest BCUT2D eigenvalue weighted by atomic mass is 35.5. The van der Waals surface area contributed by atoms with Crippen LogP contribution in [-0.4, -0.2) is 9.55 Å². The van der Waals surface area contributed by atoms with Crippen molar-refractivity contribution < 1.29 is 4.39 Å². The summed E-state index contributed by atoms with van der Waals surface area (Å²) < 4.78 is 15.6. The van der Waals surface area contributed by atoms with Crippen molar-refractivity contribution in [3.05, 3.63) is 57.6 Å². The van der Waals surface area contributed by atoms with Crippen LogP contribution in [0.15, 0.2) is 30.3 Å². The Labute approximate surface area is 136 Å². The molecule has 0 fully saturated rings. The van der Waals surface area contributed by atoms with Gasteiger partial charge in [-0.2, -0.15) is 0 Å². The smallest absolute Gasteiger partial charge is 0.144 e. The van der Waals surface area contributed by atoms with Gasteiger partial charge in [0.05, 0.1) is 21.9 Å². The van der Waals surface area contributed by atoms with Crippen LogP contribution in [0.25, 0.3) is 16.7 Å². The number of rotatable bonds is 2. The summed E-state index contributed by atoms with van der Waals surface area (Å²) in [6, 6.07) is 8.45. The van der Waals surface area contributed by atoms with Crippen molar-refractivity contribution in [2.24, 2.45) is 0 Å². The summed E-state index contributed by atoms with van der Waals surface area (Å²) in [5.74, 6) is 0.303. The number of alkyl halides is 1.